The van der Waals surface area contributed by atoms with E-state index in [0.717, 1.165) is 21.6 Å². The van der Waals surface area contributed by atoms with Crippen molar-refractivity contribution in [2.75, 3.05) is 19.0 Å². The van der Waals surface area contributed by atoms with Crippen molar-refractivity contribution in [1.29, 1.82) is 0 Å². The summed E-state index contributed by atoms with van der Waals surface area (Å²) in [5, 5.41) is 6.12. The molecule has 0 bridgehead atoms. The lowest BCUT2D eigenvalue weighted by Crippen LogP contribution is -2.51. The second kappa shape index (κ2) is 10.2. The summed E-state index contributed by atoms with van der Waals surface area (Å²) in [6.07, 6.45) is 0.602. The molecule has 8 heteroatoms. The molecule has 0 atom stereocenters. The molecule has 0 aliphatic carbocycles. The van der Waals surface area contributed by atoms with E-state index in [9.17, 15) is 14.4 Å². The van der Waals surface area contributed by atoms with E-state index in [2.05, 4.69) is 10.6 Å². The van der Waals surface area contributed by atoms with Gasteiger partial charge in [0.05, 0.1) is 12.8 Å². The van der Waals surface area contributed by atoms with Gasteiger partial charge in [-0.05, 0) is 29.7 Å². The van der Waals surface area contributed by atoms with Crippen LogP contribution in [0.5, 0.6) is 5.75 Å². The first-order chi connectivity index (χ1) is 16.8. The van der Waals surface area contributed by atoms with Gasteiger partial charge < -0.3 is 15.4 Å². The van der Waals surface area contributed by atoms with Crippen molar-refractivity contribution in [3.8, 4) is 5.75 Å². The fourth-order valence-electron chi connectivity index (χ4n) is 4.27. The number of benzene rings is 3. The largest absolute Gasteiger partial charge is 0.495 e. The Morgan fingerprint density at radius 1 is 1.00 bits per heavy atom. The smallest absolute Gasteiger partial charge is 0.325 e. The van der Waals surface area contributed by atoms with Gasteiger partial charge in [-0.25, -0.2) is 4.79 Å². The van der Waals surface area contributed by atoms with Crippen LogP contribution >= 0.6 is 11.6 Å². The number of carbonyl (C=O) groups excluding carboxylic acids is 3. The zero-order valence-electron chi connectivity index (χ0n) is 19.5. The quantitative estimate of drug-likeness (QED) is 0.458. The standard InChI is InChI=1S/C27H26ClN3O4/c1-18-13-22(23(35-2)14-21(18)28)29-24(32)17-31-25(33)27(30-26(31)34,15-19-9-5-3-6-10-19)16-20-11-7-4-8-12-20/h3-14H,15-17H2,1-2H3,(H,29,32)(H,30,34). The second-order valence-corrected chi connectivity index (χ2v) is 8.99. The molecule has 1 heterocycles. The van der Waals surface area contributed by atoms with E-state index in [1.54, 1.807) is 19.1 Å². The van der Waals surface area contributed by atoms with Crippen LogP contribution < -0.4 is 15.4 Å². The molecule has 0 unspecified atom stereocenters. The molecule has 1 aliphatic rings. The number of methoxy groups -OCH3 is 1. The van der Waals surface area contributed by atoms with Crippen molar-refractivity contribution >= 4 is 35.1 Å². The number of rotatable bonds is 8. The van der Waals surface area contributed by atoms with Gasteiger partial charge in [0.25, 0.3) is 5.91 Å². The summed E-state index contributed by atoms with van der Waals surface area (Å²) >= 11 is 6.14. The Kier molecular flexibility index (Phi) is 7.07. The molecular formula is C27H26ClN3O4. The van der Waals surface area contributed by atoms with Gasteiger partial charge >= 0.3 is 6.03 Å². The van der Waals surface area contributed by atoms with Gasteiger partial charge in [-0.1, -0.05) is 72.3 Å². The number of imide groups is 1. The van der Waals surface area contributed by atoms with Crippen molar-refractivity contribution < 1.29 is 19.1 Å². The Hall–Kier alpha value is -3.84. The number of amides is 4. The zero-order chi connectivity index (χ0) is 25.0. The van der Waals surface area contributed by atoms with Crippen molar-refractivity contribution in [3.63, 3.8) is 0 Å². The highest BCUT2D eigenvalue weighted by Gasteiger charge is 2.51. The minimum absolute atomic E-state index is 0.301. The average Bonchev–Trinajstić information content (AvgIpc) is 3.06. The molecule has 0 radical (unpaired) electrons. The van der Waals surface area contributed by atoms with Gasteiger partial charge in [0.15, 0.2) is 0 Å². The summed E-state index contributed by atoms with van der Waals surface area (Å²) in [4.78, 5) is 40.5. The van der Waals surface area contributed by atoms with Gasteiger partial charge in [0, 0.05) is 23.9 Å². The molecule has 0 spiro atoms. The molecular weight excluding hydrogens is 466 g/mol. The van der Waals surface area contributed by atoms with Gasteiger partial charge in [-0.2, -0.15) is 0 Å². The Balaban J connectivity index is 1.57. The van der Waals surface area contributed by atoms with E-state index < -0.39 is 29.9 Å². The molecule has 1 aliphatic heterocycles. The number of carbonyl (C=O) groups is 3. The van der Waals surface area contributed by atoms with Crippen LogP contribution in [-0.2, 0) is 22.4 Å². The molecule has 180 valence electrons. The third kappa shape index (κ3) is 5.30. The van der Waals surface area contributed by atoms with Crippen molar-refractivity contribution in [3.05, 3.63) is 94.5 Å². The zero-order valence-corrected chi connectivity index (χ0v) is 20.3. The molecule has 3 aromatic rings. The van der Waals surface area contributed by atoms with Gasteiger partial charge in [-0.15, -0.1) is 0 Å². The minimum Gasteiger partial charge on any atom is -0.495 e. The van der Waals surface area contributed by atoms with E-state index in [1.165, 1.54) is 7.11 Å². The summed E-state index contributed by atoms with van der Waals surface area (Å²) in [5.74, 6) is -0.581. The summed E-state index contributed by atoms with van der Waals surface area (Å²) < 4.78 is 5.30. The van der Waals surface area contributed by atoms with Gasteiger partial charge in [-0.3, -0.25) is 14.5 Å². The van der Waals surface area contributed by atoms with Gasteiger partial charge in [0.2, 0.25) is 5.91 Å². The van der Waals surface area contributed by atoms with Crippen LogP contribution in [0.4, 0.5) is 10.5 Å². The maximum absolute atomic E-state index is 13.7. The molecule has 35 heavy (non-hydrogen) atoms. The van der Waals surface area contributed by atoms with Gasteiger partial charge in [0.1, 0.15) is 17.8 Å². The highest BCUT2D eigenvalue weighted by Crippen LogP contribution is 2.31. The Morgan fingerprint density at radius 2 is 1.57 bits per heavy atom. The maximum Gasteiger partial charge on any atom is 0.325 e. The molecule has 4 amide bonds. The summed E-state index contributed by atoms with van der Waals surface area (Å²) in [6, 6.07) is 21.7. The third-order valence-corrected chi connectivity index (χ3v) is 6.41. The van der Waals surface area contributed by atoms with E-state index in [1.807, 2.05) is 60.7 Å². The monoisotopic (exact) mass is 491 g/mol. The lowest BCUT2D eigenvalue weighted by molar-refractivity contribution is -0.133. The first-order valence-electron chi connectivity index (χ1n) is 11.2. The molecule has 0 saturated carbocycles. The first-order valence-corrected chi connectivity index (χ1v) is 11.5. The van der Waals surface area contributed by atoms with Crippen LogP contribution in [0.15, 0.2) is 72.8 Å². The SMILES string of the molecule is COc1cc(Cl)c(C)cc1NC(=O)CN1C(=O)NC(Cc2ccccc2)(Cc2ccccc2)C1=O. The number of nitrogens with zero attached hydrogens (tertiary/aromatic N) is 1. The van der Waals surface area contributed by atoms with E-state index in [4.69, 9.17) is 16.3 Å². The van der Waals surface area contributed by atoms with Crippen LogP contribution in [0.25, 0.3) is 0 Å². The molecule has 2 N–H and O–H groups in total. The molecule has 1 fully saturated rings. The second-order valence-electron chi connectivity index (χ2n) is 8.58. The van der Waals surface area contributed by atoms with Crippen LogP contribution in [0.2, 0.25) is 5.02 Å². The number of aryl methyl sites for hydroxylation is 1. The van der Waals surface area contributed by atoms with Crippen molar-refractivity contribution in [2.45, 2.75) is 25.3 Å². The average molecular weight is 492 g/mol. The third-order valence-electron chi connectivity index (χ3n) is 6.00. The van der Waals surface area contributed by atoms with E-state index >= 15 is 0 Å². The molecule has 3 aromatic carbocycles. The van der Waals surface area contributed by atoms with Crippen LogP contribution in [-0.4, -0.2) is 41.9 Å². The highest BCUT2D eigenvalue weighted by molar-refractivity contribution is 6.31. The summed E-state index contributed by atoms with van der Waals surface area (Å²) in [5.41, 5.74) is 1.78. The van der Waals surface area contributed by atoms with Crippen LogP contribution in [0.3, 0.4) is 0 Å². The molecule has 7 nitrogen and oxygen atoms in total. The molecule has 1 saturated heterocycles. The lowest BCUT2D eigenvalue weighted by Gasteiger charge is -2.27. The normalized spacial score (nSPS) is 14.5. The Labute approximate surface area is 209 Å². The lowest BCUT2D eigenvalue weighted by atomic mass is 9.84. The predicted octanol–water partition coefficient (Wildman–Crippen LogP) is 4.37. The Morgan fingerprint density at radius 3 is 2.11 bits per heavy atom. The number of hydrogen-bond acceptors (Lipinski definition) is 4. The fourth-order valence-corrected chi connectivity index (χ4v) is 4.43. The number of ether oxygens (including phenoxy) is 1. The minimum atomic E-state index is -1.20. The van der Waals surface area contributed by atoms with Crippen molar-refractivity contribution in [2.24, 2.45) is 0 Å². The molecule has 0 aromatic heterocycles. The fraction of sp³-hybridized carbons (Fsp3) is 0.222. The topological polar surface area (TPSA) is 87.7 Å². The summed E-state index contributed by atoms with van der Waals surface area (Å²) in [7, 11) is 1.47. The van der Waals surface area contributed by atoms with Crippen LogP contribution in [0, 0.1) is 6.92 Å². The van der Waals surface area contributed by atoms with E-state index in [0.29, 0.717) is 29.3 Å². The predicted molar refractivity (Wildman–Crippen MR) is 135 cm³/mol. The summed E-state index contributed by atoms with van der Waals surface area (Å²) in [6.45, 7) is 1.37. The highest BCUT2D eigenvalue weighted by atomic mass is 35.5. The molecule has 4 rings (SSSR count). The number of nitrogens with one attached hydrogen (secondary N) is 2. The Bertz CT molecular complexity index is 1210. The number of anilines is 1. The first kappa shape index (κ1) is 24.3. The maximum atomic E-state index is 13.7. The number of hydrogen-bond donors (Lipinski definition) is 2. The number of halogens is 1. The number of urea groups is 1. The van der Waals surface area contributed by atoms with Crippen LogP contribution in [0.1, 0.15) is 16.7 Å². The van der Waals surface area contributed by atoms with Crippen molar-refractivity contribution in [1.82, 2.24) is 10.2 Å². The van der Waals surface area contributed by atoms with E-state index in [-0.39, 0.29) is 0 Å².